The van der Waals surface area contributed by atoms with E-state index in [2.05, 4.69) is 42.5 Å². The second-order valence-electron chi connectivity index (χ2n) is 5.12. The largest absolute Gasteiger partial charge is 0.497 e. The maximum atomic E-state index is 5.71. The van der Waals surface area contributed by atoms with E-state index in [-0.39, 0.29) is 0 Å². The van der Waals surface area contributed by atoms with Gasteiger partial charge in [0.05, 0.1) is 13.7 Å². The van der Waals surface area contributed by atoms with Gasteiger partial charge in [0.15, 0.2) is 0 Å². The van der Waals surface area contributed by atoms with Gasteiger partial charge in [0.2, 0.25) is 0 Å². The zero-order valence-corrected chi connectivity index (χ0v) is 14.0. The SMILES string of the molecule is COc1ccc(COCCCCCSc2ccccc2)cc1. The molecule has 0 aliphatic carbocycles. The number of hydrogen-bond acceptors (Lipinski definition) is 3. The van der Waals surface area contributed by atoms with Crippen LogP contribution in [0.15, 0.2) is 59.5 Å². The van der Waals surface area contributed by atoms with Crippen LogP contribution >= 0.6 is 11.8 Å². The fourth-order valence-corrected chi connectivity index (χ4v) is 3.04. The van der Waals surface area contributed by atoms with Crippen molar-refractivity contribution in [3.05, 3.63) is 60.2 Å². The van der Waals surface area contributed by atoms with Crippen molar-refractivity contribution < 1.29 is 9.47 Å². The molecule has 0 spiro atoms. The summed E-state index contributed by atoms with van der Waals surface area (Å²) < 4.78 is 10.8. The van der Waals surface area contributed by atoms with Crippen LogP contribution in [-0.4, -0.2) is 19.5 Å². The first-order valence-electron chi connectivity index (χ1n) is 7.77. The van der Waals surface area contributed by atoms with E-state index in [1.807, 2.05) is 23.9 Å². The van der Waals surface area contributed by atoms with Crippen LogP contribution in [0.1, 0.15) is 24.8 Å². The van der Waals surface area contributed by atoms with E-state index in [4.69, 9.17) is 9.47 Å². The highest BCUT2D eigenvalue weighted by atomic mass is 32.2. The molecule has 22 heavy (non-hydrogen) atoms. The normalized spacial score (nSPS) is 10.6. The molecule has 0 atom stereocenters. The van der Waals surface area contributed by atoms with E-state index < -0.39 is 0 Å². The standard InChI is InChI=1S/C19H24O2S/c1-20-18-12-10-17(11-13-18)16-21-14-6-3-7-15-22-19-8-4-2-5-9-19/h2,4-5,8-13H,3,6-7,14-16H2,1H3. The number of unbranched alkanes of at least 4 members (excludes halogenated alkanes) is 2. The predicted octanol–water partition coefficient (Wildman–Crippen LogP) is 5.17. The highest BCUT2D eigenvalue weighted by molar-refractivity contribution is 7.99. The molecule has 0 aliphatic rings. The molecule has 0 saturated carbocycles. The Bertz CT molecular complexity index is 511. The summed E-state index contributed by atoms with van der Waals surface area (Å²) in [5.41, 5.74) is 1.19. The lowest BCUT2D eigenvalue weighted by atomic mass is 10.2. The zero-order chi connectivity index (χ0) is 15.5. The van der Waals surface area contributed by atoms with Crippen molar-refractivity contribution in [1.82, 2.24) is 0 Å². The number of thioether (sulfide) groups is 1. The molecule has 0 N–H and O–H groups in total. The van der Waals surface area contributed by atoms with Gasteiger partial charge in [-0.25, -0.2) is 0 Å². The Hall–Kier alpha value is -1.45. The van der Waals surface area contributed by atoms with Gasteiger partial charge in [-0.15, -0.1) is 11.8 Å². The lowest BCUT2D eigenvalue weighted by molar-refractivity contribution is 0.117. The molecule has 0 heterocycles. The predicted molar refractivity (Wildman–Crippen MR) is 93.7 cm³/mol. The van der Waals surface area contributed by atoms with Crippen molar-refractivity contribution in [2.24, 2.45) is 0 Å². The lowest BCUT2D eigenvalue weighted by Gasteiger charge is -2.06. The molecule has 0 fully saturated rings. The quantitative estimate of drug-likeness (QED) is 0.445. The van der Waals surface area contributed by atoms with Crippen molar-refractivity contribution >= 4 is 11.8 Å². The summed E-state index contributed by atoms with van der Waals surface area (Å²) in [5, 5.41) is 0. The molecule has 0 aliphatic heterocycles. The molecule has 0 unspecified atom stereocenters. The van der Waals surface area contributed by atoms with Gasteiger partial charge in [-0.1, -0.05) is 36.8 Å². The van der Waals surface area contributed by atoms with Crippen LogP contribution in [0.4, 0.5) is 0 Å². The third kappa shape index (κ3) is 6.54. The van der Waals surface area contributed by atoms with Crippen molar-refractivity contribution in [1.29, 1.82) is 0 Å². The minimum absolute atomic E-state index is 0.683. The zero-order valence-electron chi connectivity index (χ0n) is 13.2. The van der Waals surface area contributed by atoms with Crippen LogP contribution in [0.3, 0.4) is 0 Å². The van der Waals surface area contributed by atoms with E-state index in [1.54, 1.807) is 7.11 Å². The summed E-state index contributed by atoms with van der Waals surface area (Å²) in [6.07, 6.45) is 3.60. The molecule has 0 bridgehead atoms. The van der Waals surface area contributed by atoms with E-state index >= 15 is 0 Å². The summed E-state index contributed by atoms with van der Waals surface area (Å²) in [6.45, 7) is 1.52. The van der Waals surface area contributed by atoms with Gasteiger partial charge >= 0.3 is 0 Å². The van der Waals surface area contributed by atoms with Gasteiger partial charge in [-0.3, -0.25) is 0 Å². The molecule has 3 heteroatoms. The minimum Gasteiger partial charge on any atom is -0.497 e. The smallest absolute Gasteiger partial charge is 0.118 e. The first kappa shape index (κ1) is 16.9. The lowest BCUT2D eigenvalue weighted by Crippen LogP contribution is -1.96. The Morgan fingerprint density at radius 1 is 0.864 bits per heavy atom. The number of methoxy groups -OCH3 is 1. The maximum Gasteiger partial charge on any atom is 0.118 e. The molecule has 2 aromatic carbocycles. The van der Waals surface area contributed by atoms with Gasteiger partial charge in [0.1, 0.15) is 5.75 Å². The van der Waals surface area contributed by atoms with Crippen LogP contribution in [0.5, 0.6) is 5.75 Å². The second-order valence-corrected chi connectivity index (χ2v) is 6.29. The van der Waals surface area contributed by atoms with E-state index in [0.29, 0.717) is 6.61 Å². The van der Waals surface area contributed by atoms with Gasteiger partial charge in [-0.2, -0.15) is 0 Å². The summed E-state index contributed by atoms with van der Waals surface area (Å²) in [5.74, 6) is 2.07. The minimum atomic E-state index is 0.683. The molecule has 0 aromatic heterocycles. The highest BCUT2D eigenvalue weighted by Crippen LogP contribution is 2.18. The van der Waals surface area contributed by atoms with Crippen LogP contribution in [0, 0.1) is 0 Å². The fraction of sp³-hybridized carbons (Fsp3) is 0.368. The third-order valence-corrected chi connectivity index (χ3v) is 4.47. The Morgan fingerprint density at radius 2 is 1.64 bits per heavy atom. The van der Waals surface area contributed by atoms with Crippen molar-refractivity contribution in [3.63, 3.8) is 0 Å². The van der Waals surface area contributed by atoms with Crippen molar-refractivity contribution in [2.45, 2.75) is 30.8 Å². The summed E-state index contributed by atoms with van der Waals surface area (Å²) in [7, 11) is 1.68. The Balaban J connectivity index is 1.47. The molecule has 0 saturated heterocycles. The average molecular weight is 316 g/mol. The molecule has 0 amide bonds. The van der Waals surface area contributed by atoms with Crippen LogP contribution < -0.4 is 4.74 Å². The van der Waals surface area contributed by atoms with Gasteiger partial charge in [0.25, 0.3) is 0 Å². The number of ether oxygens (including phenoxy) is 2. The van der Waals surface area contributed by atoms with E-state index in [9.17, 15) is 0 Å². The van der Waals surface area contributed by atoms with Crippen molar-refractivity contribution in [2.75, 3.05) is 19.5 Å². The molecule has 2 rings (SSSR count). The number of rotatable bonds is 10. The summed E-state index contributed by atoms with van der Waals surface area (Å²) in [6, 6.07) is 18.6. The third-order valence-electron chi connectivity index (χ3n) is 3.37. The first-order chi connectivity index (χ1) is 10.9. The van der Waals surface area contributed by atoms with Gasteiger partial charge in [-0.05, 0) is 48.4 Å². The maximum absolute atomic E-state index is 5.71. The second kappa shape index (κ2) is 10.3. The number of hydrogen-bond donors (Lipinski definition) is 0. The summed E-state index contributed by atoms with van der Waals surface area (Å²) >= 11 is 1.93. The van der Waals surface area contributed by atoms with Crippen molar-refractivity contribution in [3.8, 4) is 5.75 Å². The Labute approximate surface area is 137 Å². The summed E-state index contributed by atoms with van der Waals surface area (Å²) in [4.78, 5) is 1.36. The van der Waals surface area contributed by atoms with Gasteiger partial charge < -0.3 is 9.47 Å². The van der Waals surface area contributed by atoms with Crippen LogP contribution in [-0.2, 0) is 11.3 Å². The molecule has 0 radical (unpaired) electrons. The first-order valence-corrected chi connectivity index (χ1v) is 8.75. The Kier molecular flexibility index (Phi) is 7.92. The fourth-order valence-electron chi connectivity index (χ4n) is 2.10. The Morgan fingerprint density at radius 3 is 2.36 bits per heavy atom. The molecule has 118 valence electrons. The van der Waals surface area contributed by atoms with Gasteiger partial charge in [0, 0.05) is 11.5 Å². The van der Waals surface area contributed by atoms with E-state index in [0.717, 1.165) is 18.8 Å². The topological polar surface area (TPSA) is 18.5 Å². The molecule has 2 aromatic rings. The monoisotopic (exact) mass is 316 g/mol. The molecular weight excluding hydrogens is 292 g/mol. The van der Waals surface area contributed by atoms with Crippen LogP contribution in [0.25, 0.3) is 0 Å². The average Bonchev–Trinajstić information content (AvgIpc) is 2.59. The number of benzene rings is 2. The highest BCUT2D eigenvalue weighted by Gasteiger charge is 1.96. The molecular formula is C19H24O2S. The van der Waals surface area contributed by atoms with Crippen LogP contribution in [0.2, 0.25) is 0 Å². The van der Waals surface area contributed by atoms with E-state index in [1.165, 1.54) is 29.1 Å². The molecule has 2 nitrogen and oxygen atoms in total.